The summed E-state index contributed by atoms with van der Waals surface area (Å²) in [5, 5.41) is 13.9. The van der Waals surface area contributed by atoms with Crippen LogP contribution in [-0.2, 0) is 7.05 Å². The molecule has 0 aliphatic carbocycles. The zero-order valence-electron chi connectivity index (χ0n) is 10.1. The van der Waals surface area contributed by atoms with E-state index >= 15 is 0 Å². The minimum atomic E-state index is 0.472. The molecule has 7 nitrogen and oxygen atoms in total. The number of hydrogen-bond donors (Lipinski definition) is 1. The van der Waals surface area contributed by atoms with Gasteiger partial charge < -0.3 is 4.98 Å². The highest BCUT2D eigenvalue weighted by Crippen LogP contribution is 2.23. The third kappa shape index (κ3) is 1.48. The van der Waals surface area contributed by atoms with Crippen molar-refractivity contribution in [3.05, 3.63) is 30.6 Å². The van der Waals surface area contributed by atoms with Gasteiger partial charge in [0.05, 0.1) is 18.1 Å². The molecule has 0 atom stereocenters. The largest absolute Gasteiger partial charge is 0.336 e. The molecule has 0 bridgehead atoms. The van der Waals surface area contributed by atoms with Crippen LogP contribution < -0.4 is 0 Å². The van der Waals surface area contributed by atoms with Gasteiger partial charge in [-0.25, -0.2) is 4.98 Å². The maximum absolute atomic E-state index is 4.35. The van der Waals surface area contributed by atoms with Gasteiger partial charge in [-0.2, -0.15) is 4.80 Å². The number of hydrogen-bond acceptors (Lipinski definition) is 5. The number of fused-ring (bicyclic) bond motifs is 3. The van der Waals surface area contributed by atoms with Crippen molar-refractivity contribution in [2.24, 2.45) is 7.05 Å². The molecule has 0 saturated heterocycles. The fraction of sp³-hybridized carbons (Fsp3) is 0.0833. The molecule has 0 aliphatic heterocycles. The summed E-state index contributed by atoms with van der Waals surface area (Å²) in [6.07, 6.45) is 3.58. The Bertz CT molecular complexity index is 889. The predicted molar refractivity (Wildman–Crippen MR) is 69.2 cm³/mol. The van der Waals surface area contributed by atoms with E-state index in [2.05, 4.69) is 30.4 Å². The van der Waals surface area contributed by atoms with Crippen molar-refractivity contribution in [1.82, 2.24) is 35.2 Å². The highest BCUT2D eigenvalue weighted by molar-refractivity contribution is 6.03. The number of rotatable bonds is 1. The molecule has 4 rings (SSSR count). The lowest BCUT2D eigenvalue weighted by atomic mass is 10.2. The van der Waals surface area contributed by atoms with E-state index in [4.69, 9.17) is 0 Å². The van der Waals surface area contributed by atoms with Gasteiger partial charge in [-0.1, -0.05) is 6.07 Å². The molecule has 0 fully saturated rings. The molecule has 3 heterocycles. The topological polar surface area (TPSA) is 85.2 Å². The minimum Gasteiger partial charge on any atom is -0.336 e. The molecule has 0 unspecified atom stereocenters. The van der Waals surface area contributed by atoms with Gasteiger partial charge in [0.1, 0.15) is 0 Å². The van der Waals surface area contributed by atoms with E-state index < -0.39 is 0 Å². The third-order valence-corrected chi connectivity index (χ3v) is 3.00. The molecule has 1 N–H and O–H groups in total. The van der Waals surface area contributed by atoms with E-state index in [1.807, 2.05) is 18.2 Å². The van der Waals surface area contributed by atoms with Gasteiger partial charge in [0.2, 0.25) is 5.82 Å². The fourth-order valence-corrected chi connectivity index (χ4v) is 2.12. The average Bonchev–Trinajstić information content (AvgIpc) is 3.06. The molecular formula is C12H9N7. The second kappa shape index (κ2) is 3.58. The highest BCUT2D eigenvalue weighted by Gasteiger charge is 2.09. The summed E-state index contributed by atoms with van der Waals surface area (Å²) in [6.45, 7) is 0. The molecule has 7 heteroatoms. The van der Waals surface area contributed by atoms with E-state index in [0.717, 1.165) is 21.8 Å². The number of aryl methyl sites for hydroxylation is 1. The van der Waals surface area contributed by atoms with Crippen molar-refractivity contribution in [2.45, 2.75) is 0 Å². The third-order valence-electron chi connectivity index (χ3n) is 3.00. The summed E-state index contributed by atoms with van der Waals surface area (Å²) in [4.78, 5) is 13.3. The van der Waals surface area contributed by atoms with E-state index in [9.17, 15) is 0 Å². The van der Waals surface area contributed by atoms with Gasteiger partial charge in [-0.15, -0.1) is 10.2 Å². The second-order valence-electron chi connectivity index (χ2n) is 4.24. The summed E-state index contributed by atoms with van der Waals surface area (Å²) in [6, 6.07) is 6.00. The summed E-state index contributed by atoms with van der Waals surface area (Å²) in [5.74, 6) is 1.06. The number of benzene rings is 1. The number of tetrazole rings is 1. The Balaban J connectivity index is 1.98. The average molecular weight is 251 g/mol. The van der Waals surface area contributed by atoms with Crippen molar-refractivity contribution in [3.8, 4) is 11.6 Å². The molecule has 1 aromatic carbocycles. The normalized spacial score (nSPS) is 11.4. The van der Waals surface area contributed by atoms with Crippen molar-refractivity contribution in [2.75, 3.05) is 0 Å². The van der Waals surface area contributed by atoms with Crippen LogP contribution in [0.25, 0.3) is 33.5 Å². The van der Waals surface area contributed by atoms with Gasteiger partial charge in [-0.05, 0) is 17.3 Å². The first-order valence-corrected chi connectivity index (χ1v) is 5.78. The molecule has 0 saturated carbocycles. The van der Waals surface area contributed by atoms with E-state index in [1.54, 1.807) is 19.4 Å². The first kappa shape index (κ1) is 10.1. The quantitative estimate of drug-likeness (QED) is 0.551. The molecule has 0 amide bonds. The van der Waals surface area contributed by atoms with Crippen molar-refractivity contribution in [3.63, 3.8) is 0 Å². The first-order chi connectivity index (χ1) is 9.31. The lowest BCUT2D eigenvalue weighted by Gasteiger charge is -2.01. The Morgan fingerprint density at radius 3 is 2.95 bits per heavy atom. The monoisotopic (exact) mass is 251 g/mol. The van der Waals surface area contributed by atoms with Gasteiger partial charge in [0, 0.05) is 23.2 Å². The molecular weight excluding hydrogens is 242 g/mol. The van der Waals surface area contributed by atoms with Crippen molar-refractivity contribution >= 4 is 21.8 Å². The Hall–Kier alpha value is -2.83. The number of aromatic amines is 1. The summed E-state index contributed by atoms with van der Waals surface area (Å²) in [5.41, 5.74) is 1.89. The fourth-order valence-electron chi connectivity index (χ4n) is 2.12. The van der Waals surface area contributed by atoms with Crippen LogP contribution in [0.5, 0.6) is 0 Å². The van der Waals surface area contributed by atoms with E-state index in [1.165, 1.54) is 4.80 Å². The number of aromatic nitrogens is 7. The Labute approximate surface area is 107 Å². The van der Waals surface area contributed by atoms with Crippen LogP contribution in [0.2, 0.25) is 0 Å². The molecule has 19 heavy (non-hydrogen) atoms. The van der Waals surface area contributed by atoms with Gasteiger partial charge in [-0.3, -0.25) is 4.98 Å². The summed E-state index contributed by atoms with van der Waals surface area (Å²) < 4.78 is 0. The molecule has 92 valence electrons. The number of H-pyrrole nitrogens is 1. The smallest absolute Gasteiger partial charge is 0.240 e. The molecule has 0 spiro atoms. The van der Waals surface area contributed by atoms with Crippen LogP contribution in [0.1, 0.15) is 0 Å². The zero-order chi connectivity index (χ0) is 12.8. The molecule has 3 aromatic heterocycles. The van der Waals surface area contributed by atoms with Gasteiger partial charge >= 0.3 is 0 Å². The van der Waals surface area contributed by atoms with Crippen LogP contribution >= 0.6 is 0 Å². The summed E-state index contributed by atoms with van der Waals surface area (Å²) >= 11 is 0. The van der Waals surface area contributed by atoms with Crippen molar-refractivity contribution < 1.29 is 0 Å². The zero-order valence-corrected chi connectivity index (χ0v) is 10.1. The summed E-state index contributed by atoms with van der Waals surface area (Å²) in [7, 11) is 1.72. The van der Waals surface area contributed by atoms with E-state index in [-0.39, 0.29) is 0 Å². The SMILES string of the molecule is Cn1nnc(-c2ncc3c(ccc4ccnc43)[nH]2)n1. The lowest BCUT2D eigenvalue weighted by Crippen LogP contribution is -1.94. The van der Waals surface area contributed by atoms with Gasteiger partial charge in [0.15, 0.2) is 5.82 Å². The van der Waals surface area contributed by atoms with E-state index in [0.29, 0.717) is 11.6 Å². The Morgan fingerprint density at radius 2 is 2.11 bits per heavy atom. The van der Waals surface area contributed by atoms with Crippen LogP contribution in [0.3, 0.4) is 0 Å². The first-order valence-electron chi connectivity index (χ1n) is 5.78. The molecule has 0 radical (unpaired) electrons. The molecule has 4 aromatic rings. The van der Waals surface area contributed by atoms with Crippen LogP contribution in [-0.4, -0.2) is 35.2 Å². The van der Waals surface area contributed by atoms with Crippen LogP contribution in [0.4, 0.5) is 0 Å². The maximum atomic E-state index is 4.35. The number of nitrogens with one attached hydrogen (secondary N) is 1. The van der Waals surface area contributed by atoms with Crippen LogP contribution in [0.15, 0.2) is 30.6 Å². The van der Waals surface area contributed by atoms with Gasteiger partial charge in [0.25, 0.3) is 0 Å². The lowest BCUT2D eigenvalue weighted by molar-refractivity contribution is 0.630. The number of nitrogens with zero attached hydrogens (tertiary/aromatic N) is 6. The minimum absolute atomic E-state index is 0.472. The standard InChI is InChI=1S/C12H9N7/c1-19-17-12(16-18-19)11-14-6-8-9(15-11)3-2-7-4-5-13-10(7)8/h2-6H,1H3,(H,14,15). The molecule has 0 aliphatic rings. The van der Waals surface area contributed by atoms with Crippen molar-refractivity contribution in [1.29, 1.82) is 0 Å². The Kier molecular flexibility index (Phi) is 1.91. The highest BCUT2D eigenvalue weighted by atomic mass is 15.6. The maximum Gasteiger partial charge on any atom is 0.240 e. The predicted octanol–water partition coefficient (Wildman–Crippen LogP) is 1.30. The van der Waals surface area contributed by atoms with Crippen LogP contribution in [0, 0.1) is 0 Å². The second-order valence-corrected chi connectivity index (χ2v) is 4.24. The Morgan fingerprint density at radius 1 is 1.16 bits per heavy atom.